The summed E-state index contributed by atoms with van der Waals surface area (Å²) in [6.07, 6.45) is 5.58. The number of hydrogen-bond donors (Lipinski definition) is 2. The maximum absolute atomic E-state index is 12.3. The molecular formula is C17H22N6O2S. The molecule has 2 aromatic rings. The van der Waals surface area contributed by atoms with E-state index in [4.69, 9.17) is 0 Å². The van der Waals surface area contributed by atoms with E-state index < -0.39 is 11.3 Å². The molecule has 1 atom stereocenters. The lowest BCUT2D eigenvalue weighted by atomic mass is 10.2. The predicted octanol–water partition coefficient (Wildman–Crippen LogP) is 2.39. The van der Waals surface area contributed by atoms with Gasteiger partial charge in [0.1, 0.15) is 0 Å². The highest BCUT2D eigenvalue weighted by Crippen LogP contribution is 2.41. The van der Waals surface area contributed by atoms with Crippen molar-refractivity contribution >= 4 is 23.7 Å². The van der Waals surface area contributed by atoms with E-state index in [-0.39, 0.29) is 11.9 Å². The van der Waals surface area contributed by atoms with Gasteiger partial charge in [0.25, 0.3) is 0 Å². The van der Waals surface area contributed by atoms with Crippen molar-refractivity contribution in [3.8, 4) is 11.4 Å². The molecule has 8 nitrogen and oxygen atoms in total. The van der Waals surface area contributed by atoms with E-state index in [0.717, 1.165) is 24.2 Å². The molecule has 0 aliphatic heterocycles. The zero-order valence-electron chi connectivity index (χ0n) is 15.0. The fourth-order valence-corrected chi connectivity index (χ4v) is 3.36. The summed E-state index contributed by atoms with van der Waals surface area (Å²) in [5, 5.41) is 13.8. The molecule has 0 saturated heterocycles. The molecule has 0 spiro atoms. The van der Waals surface area contributed by atoms with Crippen molar-refractivity contribution in [3.05, 3.63) is 24.5 Å². The smallest absolute Gasteiger partial charge is 0.321 e. The summed E-state index contributed by atoms with van der Waals surface area (Å²) in [4.78, 5) is 28.0. The molecule has 0 radical (unpaired) electrons. The van der Waals surface area contributed by atoms with Gasteiger partial charge in [-0.05, 0) is 45.7 Å². The van der Waals surface area contributed by atoms with Gasteiger partial charge in [0.2, 0.25) is 5.91 Å². The van der Waals surface area contributed by atoms with Gasteiger partial charge in [0, 0.05) is 30.0 Å². The van der Waals surface area contributed by atoms with Crippen molar-refractivity contribution in [1.29, 1.82) is 0 Å². The van der Waals surface area contributed by atoms with Gasteiger partial charge in [-0.1, -0.05) is 11.8 Å². The molecule has 0 bridgehead atoms. The monoisotopic (exact) mass is 374 g/mol. The molecule has 3 amide bonds. The highest BCUT2D eigenvalue weighted by molar-refractivity contribution is 8.00. The Morgan fingerprint density at radius 1 is 1.19 bits per heavy atom. The number of hydrogen-bond acceptors (Lipinski definition) is 6. The van der Waals surface area contributed by atoms with Gasteiger partial charge in [-0.25, -0.2) is 4.79 Å². The maximum Gasteiger partial charge on any atom is 0.321 e. The Labute approximate surface area is 156 Å². The minimum absolute atomic E-state index is 0.0355. The van der Waals surface area contributed by atoms with Crippen molar-refractivity contribution in [2.24, 2.45) is 0 Å². The molecule has 138 valence electrons. The highest BCUT2D eigenvalue weighted by atomic mass is 32.2. The zero-order chi connectivity index (χ0) is 18.7. The van der Waals surface area contributed by atoms with Crippen LogP contribution in [0.15, 0.2) is 29.7 Å². The van der Waals surface area contributed by atoms with Crippen LogP contribution in [-0.2, 0) is 4.79 Å². The largest absolute Gasteiger partial charge is 0.336 e. The summed E-state index contributed by atoms with van der Waals surface area (Å²) in [5.41, 5.74) is 0.944. The average molecular weight is 374 g/mol. The Morgan fingerprint density at radius 3 is 2.50 bits per heavy atom. The standard InChI is InChI=1S/C17H22N6O2S/c1-10(2)19-16(25)20-15(24)11(3)26-17-22-21-14(23(17)13-4-5-13)12-6-8-18-9-7-12/h6-11,13H,4-5H2,1-3H3,(H2,19,20,24,25)/t11-/m1/s1. The predicted molar refractivity (Wildman–Crippen MR) is 98.7 cm³/mol. The minimum atomic E-state index is -0.487. The van der Waals surface area contributed by atoms with Crippen LogP contribution in [0.4, 0.5) is 4.79 Å². The quantitative estimate of drug-likeness (QED) is 0.753. The molecule has 1 saturated carbocycles. The third kappa shape index (κ3) is 4.40. The van der Waals surface area contributed by atoms with Gasteiger partial charge in [-0.2, -0.15) is 0 Å². The third-order valence-electron chi connectivity index (χ3n) is 3.82. The molecule has 2 N–H and O–H groups in total. The number of urea groups is 1. The van der Waals surface area contributed by atoms with E-state index in [1.165, 1.54) is 11.8 Å². The molecule has 1 aliphatic rings. The molecule has 2 aromatic heterocycles. The average Bonchev–Trinajstić information content (AvgIpc) is 3.35. The first-order chi connectivity index (χ1) is 12.5. The van der Waals surface area contributed by atoms with E-state index in [0.29, 0.717) is 11.2 Å². The summed E-state index contributed by atoms with van der Waals surface area (Å²) >= 11 is 1.30. The van der Waals surface area contributed by atoms with Crippen LogP contribution in [0.5, 0.6) is 0 Å². The van der Waals surface area contributed by atoms with Crippen molar-refractivity contribution in [3.63, 3.8) is 0 Å². The van der Waals surface area contributed by atoms with Crippen molar-refractivity contribution < 1.29 is 9.59 Å². The SMILES string of the molecule is CC(C)NC(=O)NC(=O)[C@@H](C)Sc1nnc(-c2ccncc2)n1C1CC1. The zero-order valence-corrected chi connectivity index (χ0v) is 15.8. The normalized spacial score (nSPS) is 14.9. The van der Waals surface area contributed by atoms with Crippen LogP contribution in [0.1, 0.15) is 39.7 Å². The van der Waals surface area contributed by atoms with Gasteiger partial charge in [0.15, 0.2) is 11.0 Å². The lowest BCUT2D eigenvalue weighted by Gasteiger charge is -2.14. The number of rotatable bonds is 6. The number of nitrogens with zero attached hydrogens (tertiary/aromatic N) is 4. The number of aromatic nitrogens is 4. The summed E-state index contributed by atoms with van der Waals surface area (Å²) in [5.74, 6) is 0.423. The van der Waals surface area contributed by atoms with E-state index in [2.05, 4.69) is 30.4 Å². The number of imide groups is 1. The first kappa shape index (κ1) is 18.4. The van der Waals surface area contributed by atoms with Crippen molar-refractivity contribution in [2.75, 3.05) is 0 Å². The first-order valence-corrected chi connectivity index (χ1v) is 9.47. The first-order valence-electron chi connectivity index (χ1n) is 8.59. The van der Waals surface area contributed by atoms with Crippen molar-refractivity contribution in [1.82, 2.24) is 30.4 Å². The van der Waals surface area contributed by atoms with Crippen molar-refractivity contribution in [2.45, 2.75) is 56.1 Å². The maximum atomic E-state index is 12.3. The molecule has 3 rings (SSSR count). The second kappa shape index (κ2) is 7.86. The number of thioether (sulfide) groups is 1. The van der Waals surface area contributed by atoms with Crippen LogP contribution in [0.3, 0.4) is 0 Å². The Morgan fingerprint density at radius 2 is 1.88 bits per heavy atom. The number of nitrogens with one attached hydrogen (secondary N) is 2. The Bertz CT molecular complexity index is 788. The molecule has 26 heavy (non-hydrogen) atoms. The molecule has 1 aliphatic carbocycles. The molecule has 0 aromatic carbocycles. The van der Waals surface area contributed by atoms with Crippen LogP contribution in [0, 0.1) is 0 Å². The lowest BCUT2D eigenvalue weighted by Crippen LogP contribution is -2.45. The van der Waals surface area contributed by atoms with E-state index in [1.54, 1.807) is 19.3 Å². The third-order valence-corrected chi connectivity index (χ3v) is 4.88. The minimum Gasteiger partial charge on any atom is -0.336 e. The van der Waals surface area contributed by atoms with E-state index in [1.807, 2.05) is 26.0 Å². The van der Waals surface area contributed by atoms with Crippen LogP contribution >= 0.6 is 11.8 Å². The molecule has 9 heteroatoms. The molecule has 0 unspecified atom stereocenters. The second-order valence-electron chi connectivity index (χ2n) is 6.52. The molecule has 1 fully saturated rings. The van der Waals surface area contributed by atoms with Crippen LogP contribution in [-0.4, -0.2) is 43.0 Å². The number of carbonyl (C=O) groups is 2. The summed E-state index contributed by atoms with van der Waals surface area (Å²) < 4.78 is 2.08. The van der Waals surface area contributed by atoms with Crippen LogP contribution in [0.2, 0.25) is 0 Å². The Hall–Kier alpha value is -2.42. The number of pyridine rings is 1. The van der Waals surface area contributed by atoms with E-state index >= 15 is 0 Å². The second-order valence-corrected chi connectivity index (χ2v) is 7.83. The fourth-order valence-electron chi connectivity index (χ4n) is 2.44. The van der Waals surface area contributed by atoms with E-state index in [9.17, 15) is 9.59 Å². The molecular weight excluding hydrogens is 352 g/mol. The number of carbonyl (C=O) groups excluding carboxylic acids is 2. The Balaban J connectivity index is 1.73. The lowest BCUT2D eigenvalue weighted by molar-refractivity contribution is -0.119. The van der Waals surface area contributed by atoms with Gasteiger partial charge in [0.05, 0.1) is 5.25 Å². The fraction of sp³-hybridized carbons (Fsp3) is 0.471. The highest BCUT2D eigenvalue weighted by Gasteiger charge is 2.31. The molecule has 2 heterocycles. The Kier molecular flexibility index (Phi) is 5.55. The van der Waals surface area contributed by atoms with Gasteiger partial charge >= 0.3 is 6.03 Å². The summed E-state index contributed by atoms with van der Waals surface area (Å²) in [6, 6.07) is 3.62. The summed E-state index contributed by atoms with van der Waals surface area (Å²) in [7, 11) is 0. The summed E-state index contributed by atoms with van der Waals surface area (Å²) in [6.45, 7) is 5.42. The van der Waals surface area contributed by atoms with Gasteiger partial charge in [-0.15, -0.1) is 10.2 Å². The van der Waals surface area contributed by atoms with Crippen LogP contribution < -0.4 is 10.6 Å². The van der Waals surface area contributed by atoms with Gasteiger partial charge in [-0.3, -0.25) is 19.7 Å². The topological polar surface area (TPSA) is 102 Å². The van der Waals surface area contributed by atoms with Crippen LogP contribution in [0.25, 0.3) is 11.4 Å². The number of amides is 3. The van der Waals surface area contributed by atoms with Gasteiger partial charge < -0.3 is 5.32 Å².